The molecule has 0 bridgehead atoms. The van der Waals surface area contributed by atoms with Crippen LogP contribution in [0.15, 0.2) is 56.8 Å². The summed E-state index contributed by atoms with van der Waals surface area (Å²) in [6.07, 6.45) is 0.649. The molecule has 0 aliphatic heterocycles. The number of aromatic nitrogens is 4. The van der Waals surface area contributed by atoms with Gasteiger partial charge in [0.25, 0.3) is 0 Å². The fraction of sp³-hybridized carbons (Fsp3) is 0.190. The standard InChI is InChI=1S/C21H19N5O4S/c1-3-13-7-17-14(8-20(29)30-19(17)10-18(13)28)11-31-21-23-24-25-26(21)16-6-4-5-15(9-16)22-12(2)27/h4-10,28H,3,11H2,1-2H3,(H,22,27). The Bertz CT molecular complexity index is 1330. The van der Waals surface area contributed by atoms with Crippen molar-refractivity contribution in [3.8, 4) is 11.4 Å². The zero-order chi connectivity index (χ0) is 22.0. The van der Waals surface area contributed by atoms with E-state index < -0.39 is 5.63 Å². The van der Waals surface area contributed by atoms with Gasteiger partial charge in [0, 0.05) is 35.9 Å². The highest BCUT2D eigenvalue weighted by Crippen LogP contribution is 2.30. The number of anilines is 1. The first-order chi connectivity index (χ1) is 14.9. The number of aryl methyl sites for hydroxylation is 1. The Morgan fingerprint density at radius 3 is 2.84 bits per heavy atom. The average Bonchev–Trinajstić information content (AvgIpc) is 3.20. The van der Waals surface area contributed by atoms with Gasteiger partial charge in [-0.2, -0.15) is 4.68 Å². The van der Waals surface area contributed by atoms with Crippen molar-refractivity contribution >= 4 is 34.3 Å². The van der Waals surface area contributed by atoms with E-state index in [1.54, 1.807) is 22.9 Å². The quantitative estimate of drug-likeness (QED) is 0.348. The van der Waals surface area contributed by atoms with Crippen molar-refractivity contribution in [3.05, 3.63) is 64.0 Å². The second-order valence-electron chi connectivity index (χ2n) is 6.81. The number of amides is 1. The van der Waals surface area contributed by atoms with E-state index in [0.717, 1.165) is 16.5 Å². The minimum atomic E-state index is -0.491. The summed E-state index contributed by atoms with van der Waals surface area (Å²) < 4.78 is 6.82. The molecule has 158 valence electrons. The zero-order valence-corrected chi connectivity index (χ0v) is 17.6. The number of rotatable bonds is 6. The highest BCUT2D eigenvalue weighted by molar-refractivity contribution is 7.98. The molecule has 31 heavy (non-hydrogen) atoms. The van der Waals surface area contributed by atoms with E-state index in [1.807, 2.05) is 19.1 Å². The molecule has 10 heteroatoms. The van der Waals surface area contributed by atoms with Crippen molar-refractivity contribution in [2.24, 2.45) is 0 Å². The maximum absolute atomic E-state index is 12.0. The Hall–Kier alpha value is -3.66. The molecule has 9 nitrogen and oxygen atoms in total. The molecule has 4 rings (SSSR count). The fourth-order valence-corrected chi connectivity index (χ4v) is 4.08. The molecule has 0 spiro atoms. The van der Waals surface area contributed by atoms with Crippen molar-refractivity contribution < 1.29 is 14.3 Å². The van der Waals surface area contributed by atoms with E-state index in [2.05, 4.69) is 20.8 Å². The van der Waals surface area contributed by atoms with Crippen LogP contribution in [0.3, 0.4) is 0 Å². The lowest BCUT2D eigenvalue weighted by Crippen LogP contribution is -2.07. The highest BCUT2D eigenvalue weighted by atomic mass is 32.2. The third kappa shape index (κ3) is 4.43. The van der Waals surface area contributed by atoms with Gasteiger partial charge >= 0.3 is 5.63 Å². The molecule has 0 saturated carbocycles. The van der Waals surface area contributed by atoms with Gasteiger partial charge in [-0.25, -0.2) is 4.79 Å². The van der Waals surface area contributed by atoms with Crippen LogP contribution in [-0.2, 0) is 17.0 Å². The number of fused-ring (bicyclic) bond motifs is 1. The molecule has 0 unspecified atom stereocenters. The van der Waals surface area contributed by atoms with Gasteiger partial charge in [0.1, 0.15) is 11.3 Å². The molecule has 1 amide bonds. The lowest BCUT2D eigenvalue weighted by atomic mass is 10.1. The Morgan fingerprint density at radius 1 is 1.23 bits per heavy atom. The van der Waals surface area contributed by atoms with Gasteiger partial charge < -0.3 is 14.8 Å². The van der Waals surface area contributed by atoms with E-state index in [1.165, 1.54) is 30.8 Å². The molecule has 0 radical (unpaired) electrons. The maximum atomic E-state index is 12.0. The summed E-state index contributed by atoms with van der Waals surface area (Å²) in [5.41, 5.74) is 2.69. The number of nitrogens with zero attached hydrogens (tertiary/aromatic N) is 4. The molecule has 2 heterocycles. The summed E-state index contributed by atoms with van der Waals surface area (Å²) in [5, 5.41) is 26.0. The number of aromatic hydroxyl groups is 1. The fourth-order valence-electron chi connectivity index (χ4n) is 3.20. The normalized spacial score (nSPS) is 11.0. The summed E-state index contributed by atoms with van der Waals surface area (Å²) in [5.74, 6) is 0.351. The molecule has 0 saturated heterocycles. The number of phenolic OH excluding ortho intramolecular Hbond substituents is 1. The van der Waals surface area contributed by atoms with Crippen molar-refractivity contribution in [1.29, 1.82) is 0 Å². The molecule has 0 aliphatic rings. The number of tetrazole rings is 1. The highest BCUT2D eigenvalue weighted by Gasteiger charge is 2.14. The van der Waals surface area contributed by atoms with Gasteiger partial charge in [0.05, 0.1) is 5.69 Å². The SMILES string of the molecule is CCc1cc2c(CSc3nnnn3-c3cccc(NC(C)=O)c3)cc(=O)oc2cc1O. The summed E-state index contributed by atoms with van der Waals surface area (Å²) >= 11 is 1.36. The van der Waals surface area contributed by atoms with E-state index in [9.17, 15) is 14.7 Å². The van der Waals surface area contributed by atoms with Gasteiger partial charge in [-0.05, 0) is 52.2 Å². The third-order valence-corrected chi connectivity index (χ3v) is 5.59. The number of hydrogen-bond donors (Lipinski definition) is 2. The minimum absolute atomic E-state index is 0.103. The monoisotopic (exact) mass is 437 g/mol. The van der Waals surface area contributed by atoms with Crippen LogP contribution in [0.4, 0.5) is 5.69 Å². The Kier molecular flexibility index (Phi) is 5.72. The van der Waals surface area contributed by atoms with Crippen LogP contribution in [0.2, 0.25) is 0 Å². The van der Waals surface area contributed by atoms with Crippen LogP contribution in [-0.4, -0.2) is 31.2 Å². The zero-order valence-electron chi connectivity index (χ0n) is 16.8. The molecule has 2 aromatic heterocycles. The van der Waals surface area contributed by atoms with Crippen LogP contribution < -0.4 is 10.9 Å². The van der Waals surface area contributed by atoms with Gasteiger partial charge in [0.2, 0.25) is 11.1 Å². The number of benzene rings is 2. The van der Waals surface area contributed by atoms with Crippen molar-refractivity contribution in [2.75, 3.05) is 5.32 Å². The summed E-state index contributed by atoms with van der Waals surface area (Å²) in [7, 11) is 0. The smallest absolute Gasteiger partial charge is 0.336 e. The number of carbonyl (C=O) groups excluding carboxylic acids is 1. The van der Waals surface area contributed by atoms with Gasteiger partial charge in [0.15, 0.2) is 0 Å². The summed E-state index contributed by atoms with van der Waals surface area (Å²) in [4.78, 5) is 23.3. The first-order valence-electron chi connectivity index (χ1n) is 9.52. The first kappa shape index (κ1) is 20.6. The lowest BCUT2D eigenvalue weighted by molar-refractivity contribution is -0.114. The molecule has 0 atom stereocenters. The Balaban J connectivity index is 1.65. The number of phenols is 1. The Labute approximate surface area is 181 Å². The number of hydrogen-bond acceptors (Lipinski definition) is 8. The lowest BCUT2D eigenvalue weighted by Gasteiger charge is -2.09. The van der Waals surface area contributed by atoms with Crippen LogP contribution in [0.5, 0.6) is 5.75 Å². The first-order valence-corrected chi connectivity index (χ1v) is 10.5. The van der Waals surface area contributed by atoms with Gasteiger partial charge in [-0.3, -0.25) is 4.79 Å². The number of carbonyl (C=O) groups is 1. The summed E-state index contributed by atoms with van der Waals surface area (Å²) in [6.45, 7) is 3.38. The third-order valence-electron chi connectivity index (χ3n) is 4.62. The van der Waals surface area contributed by atoms with Crippen molar-refractivity contribution in [3.63, 3.8) is 0 Å². The van der Waals surface area contributed by atoms with E-state index in [-0.39, 0.29) is 11.7 Å². The Morgan fingerprint density at radius 2 is 2.06 bits per heavy atom. The van der Waals surface area contributed by atoms with Gasteiger partial charge in [-0.15, -0.1) is 5.10 Å². The second-order valence-corrected chi connectivity index (χ2v) is 7.76. The van der Waals surface area contributed by atoms with Crippen molar-refractivity contribution in [2.45, 2.75) is 31.2 Å². The topological polar surface area (TPSA) is 123 Å². The van der Waals surface area contributed by atoms with Crippen LogP contribution in [0.25, 0.3) is 16.7 Å². The van der Waals surface area contributed by atoms with E-state index in [4.69, 9.17) is 4.42 Å². The second kappa shape index (κ2) is 8.60. The van der Waals surface area contributed by atoms with Crippen LogP contribution in [0.1, 0.15) is 25.0 Å². The largest absolute Gasteiger partial charge is 0.508 e. The molecule has 0 aliphatic carbocycles. The van der Waals surface area contributed by atoms with Gasteiger partial charge in [-0.1, -0.05) is 24.8 Å². The molecular formula is C21H19N5O4S. The number of thioether (sulfide) groups is 1. The van der Waals surface area contributed by atoms with E-state index in [0.29, 0.717) is 34.3 Å². The molecule has 2 N–H and O–H groups in total. The number of nitrogens with one attached hydrogen (secondary N) is 1. The predicted octanol–water partition coefficient (Wildman–Crippen LogP) is 3.29. The summed E-state index contributed by atoms with van der Waals surface area (Å²) in [6, 6.07) is 11.9. The maximum Gasteiger partial charge on any atom is 0.336 e. The predicted molar refractivity (Wildman–Crippen MR) is 117 cm³/mol. The van der Waals surface area contributed by atoms with Crippen LogP contribution in [0, 0.1) is 0 Å². The van der Waals surface area contributed by atoms with Crippen molar-refractivity contribution in [1.82, 2.24) is 20.2 Å². The van der Waals surface area contributed by atoms with Crippen LogP contribution >= 0.6 is 11.8 Å². The molecule has 0 fully saturated rings. The molecule has 4 aromatic rings. The molecular weight excluding hydrogens is 418 g/mol. The van der Waals surface area contributed by atoms with E-state index >= 15 is 0 Å². The average molecular weight is 437 g/mol. The molecule has 2 aromatic carbocycles. The minimum Gasteiger partial charge on any atom is -0.508 e.